The number of aromatic nitrogens is 3. The van der Waals surface area contributed by atoms with Gasteiger partial charge in [-0.1, -0.05) is 40.2 Å². The van der Waals surface area contributed by atoms with Crippen molar-refractivity contribution < 1.29 is 37.6 Å². The van der Waals surface area contributed by atoms with Gasteiger partial charge in [-0.3, -0.25) is 0 Å². The number of rotatable bonds is 5. The van der Waals surface area contributed by atoms with Crippen molar-refractivity contribution in [1.82, 2.24) is 15.0 Å². The first-order valence-electron chi connectivity index (χ1n) is 9.61. The molecule has 1 fully saturated rings. The van der Waals surface area contributed by atoms with Crippen LogP contribution in [0.25, 0.3) is 11.3 Å². The first kappa shape index (κ1) is 25.2. The van der Waals surface area contributed by atoms with Gasteiger partial charge in [0.1, 0.15) is 41.3 Å². The van der Waals surface area contributed by atoms with Crippen molar-refractivity contribution in [3.63, 3.8) is 0 Å². The Hall–Kier alpha value is -1.93. The Morgan fingerprint density at radius 1 is 0.971 bits per heavy atom. The lowest BCUT2D eigenvalue weighted by molar-refractivity contribution is -0.178. The van der Waals surface area contributed by atoms with Gasteiger partial charge in [0.2, 0.25) is 0 Å². The molecule has 1 aliphatic rings. The number of aliphatic hydroxyl groups excluding tert-OH is 3. The van der Waals surface area contributed by atoms with Crippen LogP contribution in [0.3, 0.4) is 0 Å². The molecule has 2 aromatic carbocycles. The lowest BCUT2D eigenvalue weighted by atomic mass is 9.97. The maximum atomic E-state index is 14.4. The lowest BCUT2D eigenvalue weighted by Crippen LogP contribution is -2.55. The molecule has 1 aromatic heterocycles. The molecule has 0 radical (unpaired) electrons. The van der Waals surface area contributed by atoms with E-state index in [1.54, 1.807) is 0 Å². The van der Waals surface area contributed by atoms with Crippen molar-refractivity contribution in [2.45, 2.75) is 34.7 Å². The molecule has 5 atom stereocenters. The molecule has 14 heteroatoms. The molecule has 0 saturated carbocycles. The number of halogens is 6. The number of benzene rings is 2. The number of aliphatic hydroxyl groups is 3. The molecule has 7 nitrogen and oxygen atoms in total. The fourth-order valence-corrected chi connectivity index (χ4v) is 4.94. The minimum absolute atomic E-state index is 0.0122. The van der Waals surface area contributed by atoms with Gasteiger partial charge in [0.05, 0.1) is 22.8 Å². The third-order valence-corrected chi connectivity index (χ3v) is 7.07. The molecule has 3 aromatic rings. The average molecular weight is 540 g/mol. The van der Waals surface area contributed by atoms with Crippen LogP contribution in [0.1, 0.15) is 6.04 Å². The second kappa shape index (κ2) is 9.97. The maximum absolute atomic E-state index is 14.4. The van der Waals surface area contributed by atoms with E-state index in [9.17, 15) is 32.9 Å². The molecule has 1 saturated heterocycles. The Kier molecular flexibility index (Phi) is 7.38. The standard InChI is InChI=1S/C20H15Cl2F4N3O4S/c21-8-3-10(23)15(4-9(8)22)34-20-19(32)17(18(31)14(6-30)33-20)29-5-13(27-28-29)7-1-11(24)16(26)12(25)2-7/h1-5,14,17-20,30-32H,6H2/t14?,17?,18-,19-,20+/m0/s1. The molecular formula is C20H15Cl2F4N3O4S. The summed E-state index contributed by atoms with van der Waals surface area (Å²) in [7, 11) is 0. The summed E-state index contributed by atoms with van der Waals surface area (Å²) < 4.78 is 61.4. The number of nitrogens with zero attached hydrogens (tertiary/aromatic N) is 3. The number of hydrogen-bond donors (Lipinski definition) is 3. The predicted molar refractivity (Wildman–Crippen MR) is 114 cm³/mol. The van der Waals surface area contributed by atoms with E-state index in [4.69, 9.17) is 27.9 Å². The van der Waals surface area contributed by atoms with E-state index in [1.165, 1.54) is 12.3 Å². The van der Waals surface area contributed by atoms with E-state index < -0.39 is 59.7 Å². The van der Waals surface area contributed by atoms with Gasteiger partial charge in [0.25, 0.3) is 0 Å². The van der Waals surface area contributed by atoms with E-state index in [1.807, 2.05) is 0 Å². The summed E-state index contributed by atoms with van der Waals surface area (Å²) in [6.07, 6.45) is -3.05. The number of hydrogen-bond acceptors (Lipinski definition) is 7. The monoisotopic (exact) mass is 539 g/mol. The summed E-state index contributed by atoms with van der Waals surface area (Å²) in [5.74, 6) is -5.25. The summed E-state index contributed by atoms with van der Waals surface area (Å²) in [5.41, 5.74) is -1.42. The van der Waals surface area contributed by atoms with Crippen molar-refractivity contribution in [2.75, 3.05) is 6.61 Å². The third-order valence-electron chi connectivity index (χ3n) is 5.16. The zero-order chi connectivity index (χ0) is 24.7. The summed E-state index contributed by atoms with van der Waals surface area (Å²) in [6.45, 7) is -0.652. The minimum atomic E-state index is -1.65. The van der Waals surface area contributed by atoms with Gasteiger partial charge in [0, 0.05) is 10.5 Å². The van der Waals surface area contributed by atoms with Crippen LogP contribution in [0, 0.1) is 23.3 Å². The van der Waals surface area contributed by atoms with Crippen LogP contribution in [0.2, 0.25) is 10.0 Å². The van der Waals surface area contributed by atoms with Gasteiger partial charge in [-0.05, 0) is 24.3 Å². The molecule has 34 heavy (non-hydrogen) atoms. The van der Waals surface area contributed by atoms with Crippen LogP contribution < -0.4 is 0 Å². The molecule has 182 valence electrons. The Labute approximate surface area is 203 Å². The molecule has 2 heterocycles. The van der Waals surface area contributed by atoms with Crippen molar-refractivity contribution in [3.05, 3.63) is 63.8 Å². The third kappa shape index (κ3) is 4.76. The molecule has 3 N–H and O–H groups in total. The van der Waals surface area contributed by atoms with E-state index in [-0.39, 0.29) is 26.2 Å². The van der Waals surface area contributed by atoms with E-state index in [0.717, 1.165) is 22.5 Å². The van der Waals surface area contributed by atoms with Gasteiger partial charge >= 0.3 is 0 Å². The molecule has 1 aliphatic heterocycles. The lowest BCUT2D eigenvalue weighted by Gasteiger charge is -2.41. The number of thioether (sulfide) groups is 1. The van der Waals surface area contributed by atoms with Crippen molar-refractivity contribution in [3.8, 4) is 11.3 Å². The van der Waals surface area contributed by atoms with Gasteiger partial charge < -0.3 is 20.1 Å². The van der Waals surface area contributed by atoms with Gasteiger partial charge in [-0.15, -0.1) is 5.10 Å². The van der Waals surface area contributed by atoms with Crippen molar-refractivity contribution in [1.29, 1.82) is 0 Å². The van der Waals surface area contributed by atoms with Crippen LogP contribution >= 0.6 is 35.0 Å². The zero-order valence-electron chi connectivity index (χ0n) is 16.7. The maximum Gasteiger partial charge on any atom is 0.194 e. The molecular weight excluding hydrogens is 525 g/mol. The second-order valence-electron chi connectivity index (χ2n) is 7.35. The van der Waals surface area contributed by atoms with E-state index in [0.29, 0.717) is 12.1 Å². The molecule has 0 spiro atoms. The smallest absolute Gasteiger partial charge is 0.194 e. The first-order valence-corrected chi connectivity index (χ1v) is 11.2. The Morgan fingerprint density at radius 3 is 2.26 bits per heavy atom. The highest BCUT2D eigenvalue weighted by molar-refractivity contribution is 7.99. The zero-order valence-corrected chi connectivity index (χ0v) is 19.1. The van der Waals surface area contributed by atoms with Gasteiger partial charge in [-0.2, -0.15) is 0 Å². The highest BCUT2D eigenvalue weighted by atomic mass is 35.5. The molecule has 0 bridgehead atoms. The highest BCUT2D eigenvalue weighted by Gasteiger charge is 2.46. The average Bonchev–Trinajstić information content (AvgIpc) is 3.27. The second-order valence-corrected chi connectivity index (χ2v) is 9.30. The fraction of sp³-hybridized carbons (Fsp3) is 0.300. The van der Waals surface area contributed by atoms with Crippen LogP contribution in [-0.4, -0.2) is 60.7 Å². The summed E-state index contributed by atoms with van der Waals surface area (Å²) in [4.78, 5) is -0.0122. The van der Waals surface area contributed by atoms with Crippen molar-refractivity contribution in [2.24, 2.45) is 0 Å². The minimum Gasteiger partial charge on any atom is -0.394 e. The Balaban J connectivity index is 1.65. The van der Waals surface area contributed by atoms with Crippen LogP contribution in [0.15, 0.2) is 35.4 Å². The largest absolute Gasteiger partial charge is 0.394 e. The van der Waals surface area contributed by atoms with E-state index >= 15 is 0 Å². The summed E-state index contributed by atoms with van der Waals surface area (Å²) in [6, 6.07) is 2.39. The van der Waals surface area contributed by atoms with E-state index in [2.05, 4.69) is 10.3 Å². The molecule has 2 unspecified atom stereocenters. The predicted octanol–water partition coefficient (Wildman–Crippen LogP) is 3.58. The van der Waals surface area contributed by atoms with Crippen LogP contribution in [0.5, 0.6) is 0 Å². The highest BCUT2D eigenvalue weighted by Crippen LogP contribution is 2.40. The van der Waals surface area contributed by atoms with Crippen molar-refractivity contribution >= 4 is 35.0 Å². The number of ether oxygens (including phenoxy) is 1. The normalized spacial score (nSPS) is 25.0. The van der Waals surface area contributed by atoms with Crippen LogP contribution in [0.4, 0.5) is 17.6 Å². The summed E-state index contributed by atoms with van der Waals surface area (Å²) in [5, 5.41) is 38.8. The first-order chi connectivity index (χ1) is 16.1. The van der Waals surface area contributed by atoms with Crippen LogP contribution in [-0.2, 0) is 4.74 Å². The topological polar surface area (TPSA) is 101 Å². The summed E-state index contributed by atoms with van der Waals surface area (Å²) >= 11 is 12.5. The Bertz CT molecular complexity index is 1200. The molecule has 0 aliphatic carbocycles. The van der Waals surface area contributed by atoms with Gasteiger partial charge in [-0.25, -0.2) is 22.2 Å². The van der Waals surface area contributed by atoms with Gasteiger partial charge in [0.15, 0.2) is 17.5 Å². The quantitative estimate of drug-likeness (QED) is 0.259. The fourth-order valence-electron chi connectivity index (χ4n) is 3.46. The SMILES string of the molecule is OCC1O[C@H](Sc2cc(Cl)c(Cl)cc2F)[C@@H](O)C(n2cc(-c3cc(F)c(F)c(F)c3)nn2)[C@H]1O. The Morgan fingerprint density at radius 2 is 1.62 bits per heavy atom. The molecule has 0 amide bonds. The molecule has 4 rings (SSSR count).